The van der Waals surface area contributed by atoms with Gasteiger partial charge in [0.25, 0.3) is 15.9 Å². The Hall–Kier alpha value is -3.49. The highest BCUT2D eigenvalue weighted by molar-refractivity contribution is 7.90. The molecular weight excluding hydrogens is 491 g/mol. The van der Waals surface area contributed by atoms with Crippen LogP contribution in [-0.2, 0) is 21.3 Å². The molecule has 192 valence electrons. The zero-order valence-electron chi connectivity index (χ0n) is 20.6. The van der Waals surface area contributed by atoms with E-state index in [1.807, 2.05) is 24.3 Å². The third kappa shape index (κ3) is 5.04. The van der Waals surface area contributed by atoms with E-state index in [9.17, 15) is 17.6 Å². The van der Waals surface area contributed by atoms with Gasteiger partial charge in [-0.05, 0) is 66.4 Å². The van der Waals surface area contributed by atoms with Gasteiger partial charge in [-0.25, -0.2) is 16.8 Å². The first kappa shape index (κ1) is 25.2. The van der Waals surface area contributed by atoms with Gasteiger partial charge in [0.05, 0.1) is 16.5 Å². The number of nitrogens with one attached hydrogen (secondary N) is 1. The molecule has 1 aliphatic rings. The van der Waals surface area contributed by atoms with E-state index in [4.69, 9.17) is 4.74 Å². The minimum absolute atomic E-state index is 0.0587. The van der Waals surface area contributed by atoms with Gasteiger partial charge in [0.2, 0.25) is 0 Å². The number of nitrogens with zero attached hydrogens (tertiary/aromatic N) is 1. The first-order chi connectivity index (χ1) is 17.9. The summed E-state index contributed by atoms with van der Waals surface area (Å²) in [5.74, 6) is -0.552. The fourth-order valence-corrected chi connectivity index (χ4v) is 6.56. The quantitative estimate of drug-likeness (QED) is 0.343. The molecular formula is C29H29FN2O4S. The third-order valence-electron chi connectivity index (χ3n) is 7.15. The second-order valence-electron chi connectivity index (χ2n) is 9.40. The molecule has 1 amide bonds. The highest BCUT2D eigenvalue weighted by Gasteiger charge is 2.31. The van der Waals surface area contributed by atoms with Crippen LogP contribution >= 0.6 is 0 Å². The number of carbonyl (C=O) groups is 1. The summed E-state index contributed by atoms with van der Waals surface area (Å²) in [6.45, 7) is 0.237. The van der Waals surface area contributed by atoms with Gasteiger partial charge in [0.15, 0.2) is 0 Å². The topological polar surface area (TPSA) is 77.4 Å². The molecule has 2 unspecified atom stereocenters. The molecule has 37 heavy (non-hydrogen) atoms. The van der Waals surface area contributed by atoms with Gasteiger partial charge in [-0.1, -0.05) is 43.2 Å². The number of hydrogen-bond donors (Lipinski definition) is 1. The highest BCUT2D eigenvalue weighted by atomic mass is 32.2. The van der Waals surface area contributed by atoms with E-state index in [2.05, 4.69) is 5.32 Å². The standard InChI is InChI=1S/C29H29FN2O4S/c1-36-28-9-5-3-7-25(28)26-19-32(27-8-4-2-6-24(26)27)37(34,35)23-16-12-21(13-17-23)29(33)31-18-20-10-14-22(30)15-11-20/h2,4,6,8,10-17,19,25,28H,3,5,7,9,18H2,1H3,(H,31,33). The number of para-hydroxylation sites is 1. The fourth-order valence-electron chi connectivity index (χ4n) is 5.18. The molecule has 0 saturated heterocycles. The van der Waals surface area contributed by atoms with Crippen molar-refractivity contribution in [3.8, 4) is 0 Å². The second-order valence-corrected chi connectivity index (χ2v) is 11.2. The molecule has 3 aromatic carbocycles. The van der Waals surface area contributed by atoms with E-state index in [0.29, 0.717) is 11.1 Å². The monoisotopic (exact) mass is 520 g/mol. The molecule has 2 atom stereocenters. The van der Waals surface area contributed by atoms with Crippen molar-refractivity contribution >= 4 is 26.8 Å². The van der Waals surface area contributed by atoms with Crippen LogP contribution in [0.5, 0.6) is 0 Å². The van der Waals surface area contributed by atoms with Gasteiger partial charge in [0.1, 0.15) is 5.82 Å². The van der Waals surface area contributed by atoms with E-state index in [1.54, 1.807) is 25.4 Å². The number of aromatic nitrogens is 1. The maximum Gasteiger partial charge on any atom is 0.268 e. The van der Waals surface area contributed by atoms with Gasteiger partial charge < -0.3 is 10.1 Å². The number of halogens is 1. The number of rotatable bonds is 7. The highest BCUT2D eigenvalue weighted by Crippen LogP contribution is 2.39. The lowest BCUT2D eigenvalue weighted by molar-refractivity contribution is 0.0527. The molecule has 4 aromatic rings. The van der Waals surface area contributed by atoms with Crippen LogP contribution in [0, 0.1) is 5.82 Å². The zero-order chi connectivity index (χ0) is 26.0. The number of methoxy groups -OCH3 is 1. The van der Waals surface area contributed by atoms with Crippen LogP contribution in [0.3, 0.4) is 0 Å². The molecule has 6 nitrogen and oxygen atoms in total. The van der Waals surface area contributed by atoms with Crippen molar-refractivity contribution in [2.24, 2.45) is 0 Å². The minimum atomic E-state index is -3.90. The summed E-state index contributed by atoms with van der Waals surface area (Å²) in [7, 11) is -2.18. The van der Waals surface area contributed by atoms with Crippen molar-refractivity contribution in [1.29, 1.82) is 0 Å². The minimum Gasteiger partial charge on any atom is -0.381 e. The molecule has 8 heteroatoms. The van der Waals surface area contributed by atoms with Gasteiger partial charge in [0, 0.05) is 36.7 Å². The molecule has 5 rings (SSSR count). The van der Waals surface area contributed by atoms with Crippen molar-refractivity contribution in [2.45, 2.75) is 49.1 Å². The Kier molecular flexibility index (Phi) is 7.13. The maximum absolute atomic E-state index is 13.7. The van der Waals surface area contributed by atoms with Crippen molar-refractivity contribution in [2.75, 3.05) is 7.11 Å². The third-order valence-corrected chi connectivity index (χ3v) is 8.84. The van der Waals surface area contributed by atoms with Crippen molar-refractivity contribution in [3.05, 3.63) is 102 Å². The summed E-state index contributed by atoms with van der Waals surface area (Å²) < 4.78 is 47.6. The Morgan fingerprint density at radius 2 is 1.70 bits per heavy atom. The fraction of sp³-hybridized carbons (Fsp3) is 0.276. The first-order valence-electron chi connectivity index (χ1n) is 12.4. The summed E-state index contributed by atoms with van der Waals surface area (Å²) >= 11 is 0. The molecule has 0 aliphatic heterocycles. The van der Waals surface area contributed by atoms with Crippen LogP contribution in [-0.4, -0.2) is 31.5 Å². The van der Waals surface area contributed by atoms with Crippen LogP contribution < -0.4 is 5.32 Å². The van der Waals surface area contributed by atoms with E-state index >= 15 is 0 Å². The second kappa shape index (κ2) is 10.5. The molecule has 0 bridgehead atoms. The Morgan fingerprint density at radius 1 is 1.00 bits per heavy atom. The lowest BCUT2D eigenvalue weighted by Crippen LogP contribution is -2.24. The van der Waals surface area contributed by atoms with Crippen LogP contribution in [0.2, 0.25) is 0 Å². The largest absolute Gasteiger partial charge is 0.381 e. The zero-order valence-corrected chi connectivity index (χ0v) is 21.4. The number of amides is 1. The SMILES string of the molecule is COC1CCCCC1c1cn(S(=O)(=O)c2ccc(C(=O)NCc3ccc(F)cc3)cc2)c2ccccc12. The van der Waals surface area contributed by atoms with E-state index < -0.39 is 10.0 Å². The normalized spacial score (nSPS) is 18.1. The van der Waals surface area contributed by atoms with Crippen LogP contribution in [0.4, 0.5) is 4.39 Å². The van der Waals surface area contributed by atoms with Crippen LogP contribution in [0.15, 0.2) is 83.9 Å². The lowest BCUT2D eigenvalue weighted by atomic mass is 9.81. The van der Waals surface area contributed by atoms with Crippen LogP contribution in [0.1, 0.15) is 53.1 Å². The summed E-state index contributed by atoms with van der Waals surface area (Å²) in [5.41, 5.74) is 2.71. The first-order valence-corrected chi connectivity index (χ1v) is 13.8. The van der Waals surface area contributed by atoms with Crippen molar-refractivity contribution in [1.82, 2.24) is 9.29 Å². The van der Waals surface area contributed by atoms with Crippen molar-refractivity contribution < 1.29 is 22.3 Å². The summed E-state index contributed by atoms with van der Waals surface area (Å²) in [6, 6.07) is 19.3. The predicted molar refractivity (Wildman–Crippen MR) is 141 cm³/mol. The summed E-state index contributed by atoms with van der Waals surface area (Å²) in [5, 5.41) is 3.68. The maximum atomic E-state index is 13.7. The number of carbonyl (C=O) groups excluding carboxylic acids is 1. The average Bonchev–Trinajstić information content (AvgIpc) is 3.33. The van der Waals surface area contributed by atoms with E-state index in [0.717, 1.165) is 42.2 Å². The molecule has 1 heterocycles. The Morgan fingerprint density at radius 3 is 2.43 bits per heavy atom. The summed E-state index contributed by atoms with van der Waals surface area (Å²) in [4.78, 5) is 12.7. The Balaban J connectivity index is 1.41. The Bertz CT molecular complexity index is 1510. The molecule has 0 spiro atoms. The number of hydrogen-bond acceptors (Lipinski definition) is 4. The van der Waals surface area contributed by atoms with E-state index in [-0.39, 0.29) is 35.2 Å². The van der Waals surface area contributed by atoms with Gasteiger partial charge in [-0.15, -0.1) is 0 Å². The number of benzene rings is 3. The lowest BCUT2D eigenvalue weighted by Gasteiger charge is -2.30. The molecule has 0 radical (unpaired) electrons. The Labute approximate surface area is 216 Å². The molecule has 1 aromatic heterocycles. The van der Waals surface area contributed by atoms with Gasteiger partial charge >= 0.3 is 0 Å². The predicted octanol–water partition coefficient (Wildman–Crippen LogP) is 5.62. The van der Waals surface area contributed by atoms with E-state index in [1.165, 1.54) is 40.4 Å². The summed E-state index contributed by atoms with van der Waals surface area (Å²) in [6.07, 6.45) is 5.90. The molecule has 1 saturated carbocycles. The molecule has 1 fully saturated rings. The number of ether oxygens (including phenoxy) is 1. The average molecular weight is 521 g/mol. The van der Waals surface area contributed by atoms with Gasteiger partial charge in [-0.3, -0.25) is 4.79 Å². The van der Waals surface area contributed by atoms with Crippen LogP contribution in [0.25, 0.3) is 10.9 Å². The molecule has 1 N–H and O–H groups in total. The smallest absolute Gasteiger partial charge is 0.268 e. The molecule has 1 aliphatic carbocycles. The number of fused-ring (bicyclic) bond motifs is 1. The van der Waals surface area contributed by atoms with Crippen molar-refractivity contribution in [3.63, 3.8) is 0 Å². The van der Waals surface area contributed by atoms with Gasteiger partial charge in [-0.2, -0.15) is 0 Å².